The molecule has 5 heteroatoms. The van der Waals surface area contributed by atoms with Gasteiger partial charge in [0.25, 0.3) is 0 Å². The number of carbonyl (C=O) groups is 1. The van der Waals surface area contributed by atoms with Crippen molar-refractivity contribution in [3.8, 4) is 0 Å². The van der Waals surface area contributed by atoms with Crippen molar-refractivity contribution in [1.29, 1.82) is 0 Å². The molecule has 2 rings (SSSR count). The lowest BCUT2D eigenvalue weighted by Gasteiger charge is -2.16. The molecule has 1 amide bonds. The molecule has 1 aliphatic carbocycles. The number of nitrogens with one attached hydrogen (secondary N) is 1. The van der Waals surface area contributed by atoms with Gasteiger partial charge in [-0.2, -0.15) is 0 Å². The molecule has 18 heavy (non-hydrogen) atoms. The van der Waals surface area contributed by atoms with Crippen LogP contribution in [0.3, 0.4) is 0 Å². The van der Waals surface area contributed by atoms with Gasteiger partial charge in [0.2, 0.25) is 5.91 Å². The van der Waals surface area contributed by atoms with Crippen molar-refractivity contribution in [1.82, 2.24) is 5.32 Å². The Morgan fingerprint density at radius 3 is 2.72 bits per heavy atom. The Morgan fingerprint density at radius 2 is 2.06 bits per heavy atom. The van der Waals surface area contributed by atoms with E-state index in [4.69, 9.17) is 23.2 Å². The summed E-state index contributed by atoms with van der Waals surface area (Å²) in [6, 6.07) is 5.61. The summed E-state index contributed by atoms with van der Waals surface area (Å²) in [5, 5.41) is 2.75. The van der Waals surface area contributed by atoms with Crippen LogP contribution in [0, 0.1) is 0 Å². The number of hydrogen-bond donors (Lipinski definition) is 1. The summed E-state index contributed by atoms with van der Waals surface area (Å²) in [4.78, 5) is 12.0. The van der Waals surface area contributed by atoms with Crippen LogP contribution in [0.2, 0.25) is 5.02 Å². The van der Waals surface area contributed by atoms with Crippen LogP contribution >= 0.6 is 39.1 Å². The molecular weight excluding hydrogens is 337 g/mol. The van der Waals surface area contributed by atoms with E-state index in [0.29, 0.717) is 10.6 Å². The molecular formula is C13H14BrCl2NO. The average Bonchev–Trinajstić information content (AvgIpc) is 2.84. The number of benzene rings is 1. The lowest BCUT2D eigenvalue weighted by Crippen LogP contribution is -2.35. The van der Waals surface area contributed by atoms with E-state index >= 15 is 0 Å². The lowest BCUT2D eigenvalue weighted by atomic mass is 10.1. The van der Waals surface area contributed by atoms with Crippen molar-refractivity contribution in [2.45, 2.75) is 37.1 Å². The molecule has 0 spiro atoms. The third-order valence-corrected chi connectivity index (χ3v) is 4.43. The summed E-state index contributed by atoms with van der Waals surface area (Å²) < 4.78 is 0.862. The lowest BCUT2D eigenvalue weighted by molar-refractivity contribution is -0.121. The number of hydrogen-bond acceptors (Lipinski definition) is 1. The summed E-state index contributed by atoms with van der Waals surface area (Å²) in [5.74, 6) is -0.163. The number of amides is 1. The van der Waals surface area contributed by atoms with Crippen LogP contribution < -0.4 is 5.32 Å². The second-order valence-electron chi connectivity index (χ2n) is 4.52. The van der Waals surface area contributed by atoms with Gasteiger partial charge in [0.15, 0.2) is 0 Å². The van der Waals surface area contributed by atoms with Gasteiger partial charge in [-0.1, -0.05) is 40.4 Å². The molecule has 98 valence electrons. The van der Waals surface area contributed by atoms with Crippen LogP contribution in [0.4, 0.5) is 0 Å². The van der Waals surface area contributed by atoms with Gasteiger partial charge in [-0.25, -0.2) is 0 Å². The minimum atomic E-state index is -0.740. The highest BCUT2D eigenvalue weighted by atomic mass is 79.9. The van der Waals surface area contributed by atoms with E-state index in [9.17, 15) is 4.79 Å². The first-order valence-electron chi connectivity index (χ1n) is 5.97. The SMILES string of the molecule is O=C(NC1CCCC1)C(Cl)c1cc(Br)ccc1Cl. The molecule has 1 aromatic carbocycles. The third kappa shape index (κ3) is 3.40. The molecule has 0 aliphatic heterocycles. The Bertz CT molecular complexity index is 447. The smallest absolute Gasteiger partial charge is 0.242 e. The second-order valence-corrected chi connectivity index (χ2v) is 6.28. The van der Waals surface area contributed by atoms with Crippen LogP contribution in [0.25, 0.3) is 0 Å². The molecule has 0 heterocycles. The molecule has 1 N–H and O–H groups in total. The van der Waals surface area contributed by atoms with Gasteiger partial charge in [0, 0.05) is 15.5 Å². The van der Waals surface area contributed by atoms with Crippen LogP contribution in [-0.2, 0) is 4.79 Å². The van der Waals surface area contributed by atoms with Crippen molar-refractivity contribution >= 4 is 45.0 Å². The second kappa shape index (κ2) is 6.27. The summed E-state index contributed by atoms with van der Waals surface area (Å²) >= 11 is 15.6. The summed E-state index contributed by atoms with van der Waals surface area (Å²) in [6.45, 7) is 0. The third-order valence-electron chi connectivity index (χ3n) is 3.16. The van der Waals surface area contributed by atoms with E-state index in [1.54, 1.807) is 12.1 Å². The molecule has 1 aliphatic rings. The maximum Gasteiger partial charge on any atom is 0.242 e. The van der Waals surface area contributed by atoms with E-state index in [2.05, 4.69) is 21.2 Å². The van der Waals surface area contributed by atoms with E-state index in [1.807, 2.05) is 6.07 Å². The minimum absolute atomic E-state index is 0.163. The van der Waals surface area contributed by atoms with Gasteiger partial charge in [-0.15, -0.1) is 11.6 Å². The van der Waals surface area contributed by atoms with E-state index in [1.165, 1.54) is 12.8 Å². The van der Waals surface area contributed by atoms with Gasteiger partial charge in [0.05, 0.1) is 0 Å². The van der Waals surface area contributed by atoms with Crippen LogP contribution in [-0.4, -0.2) is 11.9 Å². The zero-order valence-corrected chi connectivity index (χ0v) is 12.9. The highest BCUT2D eigenvalue weighted by molar-refractivity contribution is 9.10. The van der Waals surface area contributed by atoms with Crippen molar-refractivity contribution in [2.75, 3.05) is 0 Å². The summed E-state index contributed by atoms with van der Waals surface area (Å²) in [7, 11) is 0. The fraction of sp³-hybridized carbons (Fsp3) is 0.462. The Balaban J connectivity index is 2.07. The number of halogens is 3. The van der Waals surface area contributed by atoms with Gasteiger partial charge in [-0.05, 0) is 36.6 Å². The Hall–Kier alpha value is -0.250. The van der Waals surface area contributed by atoms with Gasteiger partial charge in [-0.3, -0.25) is 4.79 Å². The van der Waals surface area contributed by atoms with E-state index in [-0.39, 0.29) is 11.9 Å². The first-order valence-corrected chi connectivity index (χ1v) is 7.58. The first-order chi connectivity index (χ1) is 8.58. The predicted molar refractivity (Wildman–Crippen MR) is 78.1 cm³/mol. The van der Waals surface area contributed by atoms with Crippen LogP contribution in [0.15, 0.2) is 22.7 Å². The molecule has 0 aromatic heterocycles. The summed E-state index contributed by atoms with van der Waals surface area (Å²) in [5.41, 5.74) is 0.642. The number of carbonyl (C=O) groups excluding carboxylic acids is 1. The highest BCUT2D eigenvalue weighted by Gasteiger charge is 2.24. The van der Waals surface area contributed by atoms with E-state index < -0.39 is 5.38 Å². The monoisotopic (exact) mass is 349 g/mol. The quantitative estimate of drug-likeness (QED) is 0.802. The van der Waals surface area contributed by atoms with Crippen molar-refractivity contribution in [2.24, 2.45) is 0 Å². The predicted octanol–water partition coefficient (Wildman–Crippen LogP) is 4.44. The van der Waals surface area contributed by atoms with Gasteiger partial charge in [0.1, 0.15) is 5.38 Å². The molecule has 1 fully saturated rings. The topological polar surface area (TPSA) is 29.1 Å². The Labute approximate surface area is 125 Å². The fourth-order valence-corrected chi connectivity index (χ4v) is 3.10. The molecule has 1 atom stereocenters. The molecule has 1 saturated carbocycles. The number of alkyl halides is 1. The summed E-state index contributed by atoms with van der Waals surface area (Å²) in [6.07, 6.45) is 4.44. The molecule has 2 nitrogen and oxygen atoms in total. The maximum absolute atomic E-state index is 12.0. The molecule has 0 radical (unpaired) electrons. The molecule has 1 aromatic rings. The standard InChI is InChI=1S/C13H14BrCl2NO/c14-8-5-6-11(15)10(7-8)12(16)13(18)17-9-3-1-2-4-9/h5-7,9,12H,1-4H2,(H,17,18). The largest absolute Gasteiger partial charge is 0.352 e. The molecule has 1 unspecified atom stereocenters. The highest BCUT2D eigenvalue weighted by Crippen LogP contribution is 2.31. The first kappa shape index (κ1) is 14.2. The average molecular weight is 351 g/mol. The van der Waals surface area contributed by atoms with Crippen LogP contribution in [0.5, 0.6) is 0 Å². The zero-order chi connectivity index (χ0) is 13.1. The van der Waals surface area contributed by atoms with Gasteiger partial charge >= 0.3 is 0 Å². The molecule has 0 bridgehead atoms. The molecule has 0 saturated heterocycles. The minimum Gasteiger partial charge on any atom is -0.352 e. The maximum atomic E-state index is 12.0. The van der Waals surface area contributed by atoms with Crippen molar-refractivity contribution in [3.05, 3.63) is 33.3 Å². The van der Waals surface area contributed by atoms with Crippen LogP contribution in [0.1, 0.15) is 36.6 Å². The zero-order valence-electron chi connectivity index (χ0n) is 9.76. The van der Waals surface area contributed by atoms with E-state index in [0.717, 1.165) is 17.3 Å². The fourth-order valence-electron chi connectivity index (χ4n) is 2.19. The number of rotatable bonds is 3. The Kier molecular flexibility index (Phi) is 4.93. The van der Waals surface area contributed by atoms with Gasteiger partial charge < -0.3 is 5.32 Å². The van der Waals surface area contributed by atoms with Crippen molar-refractivity contribution in [3.63, 3.8) is 0 Å². The van der Waals surface area contributed by atoms with Crippen molar-refractivity contribution < 1.29 is 4.79 Å². The normalized spacial score (nSPS) is 17.7. The Morgan fingerprint density at radius 1 is 1.39 bits per heavy atom.